The lowest BCUT2D eigenvalue weighted by Crippen LogP contribution is -2.33. The minimum Gasteiger partial charge on any atom is -0.344 e. The van der Waals surface area contributed by atoms with Crippen molar-refractivity contribution in [2.24, 2.45) is 9.98 Å². The average molecular weight is 909 g/mol. The van der Waals surface area contributed by atoms with E-state index >= 15 is 0 Å². The Bertz CT molecular complexity index is 4530. The van der Waals surface area contributed by atoms with Crippen molar-refractivity contribution in [3.05, 3.63) is 247 Å². The predicted octanol–water partition coefficient (Wildman–Crippen LogP) is 17.1. The quantitative estimate of drug-likeness (QED) is 0.172. The molecule has 326 valence electrons. The molecule has 0 spiro atoms. The molecular formula is C65H40N4S. The highest BCUT2D eigenvalue weighted by atomic mass is 32.1. The minimum absolute atomic E-state index is 0.380. The zero-order valence-electron chi connectivity index (χ0n) is 37.8. The smallest absolute Gasteiger partial charge is 0.159 e. The molecule has 0 saturated heterocycles. The highest BCUT2D eigenvalue weighted by Gasteiger charge is 2.26. The van der Waals surface area contributed by atoms with E-state index in [-0.39, 0.29) is 6.17 Å². The number of nitrogens with one attached hydrogen (secondary N) is 1. The molecule has 14 aromatic rings. The molecule has 4 nitrogen and oxygen atoms in total. The molecule has 0 aliphatic carbocycles. The lowest BCUT2D eigenvalue weighted by atomic mass is 9.91. The molecular weight excluding hydrogens is 869 g/mol. The summed E-state index contributed by atoms with van der Waals surface area (Å²) >= 11 is 1.86. The van der Waals surface area contributed by atoms with Crippen LogP contribution in [0.5, 0.6) is 0 Å². The number of rotatable bonds is 5. The van der Waals surface area contributed by atoms with E-state index in [1.807, 2.05) is 11.3 Å². The maximum Gasteiger partial charge on any atom is 0.159 e. The molecule has 3 heterocycles. The third kappa shape index (κ3) is 5.89. The van der Waals surface area contributed by atoms with Gasteiger partial charge in [0.2, 0.25) is 0 Å². The first-order chi connectivity index (χ1) is 34.7. The summed E-state index contributed by atoms with van der Waals surface area (Å²) in [6.07, 6.45) is -0.380. The normalized spacial score (nSPS) is 14.1. The number of benzene rings is 12. The third-order valence-corrected chi connectivity index (χ3v) is 15.7. The minimum atomic E-state index is -0.380. The molecule has 2 aromatic heterocycles. The van der Waals surface area contributed by atoms with Crippen LogP contribution in [-0.2, 0) is 0 Å². The standard InChI is InChI=1S/C65H40N4S/c1-2-17-40(18-3-1)63-66-64(68-65(67-63)52-29-14-27-50-47-23-9-8-22-45(47)46-24-10-11-26-49(46)60(50)52)43-32-34-56(69-55-30-13-12-25-48(55)53-36-41-19-4-5-20-42(41)38-57(53)69)54(37-43)51-28-15-31-58-62(51)61-44-21-7-6-16-39(44)33-35-59(61)70-58/h1-38,63H,(H,66,67,68). The van der Waals surface area contributed by atoms with E-state index in [0.717, 1.165) is 39.3 Å². The molecule has 70 heavy (non-hydrogen) atoms. The van der Waals surface area contributed by atoms with Crippen molar-refractivity contribution in [3.63, 3.8) is 0 Å². The van der Waals surface area contributed by atoms with Crippen LogP contribution in [0, 0.1) is 0 Å². The first-order valence-electron chi connectivity index (χ1n) is 23.9. The summed E-state index contributed by atoms with van der Waals surface area (Å²) in [6, 6.07) is 84.1. The molecule has 1 N–H and O–H groups in total. The Hall–Kier alpha value is -8.90. The van der Waals surface area contributed by atoms with E-state index in [1.54, 1.807) is 0 Å². The Morgan fingerprint density at radius 1 is 0.386 bits per heavy atom. The Morgan fingerprint density at radius 3 is 1.80 bits per heavy atom. The van der Waals surface area contributed by atoms with Crippen molar-refractivity contribution >= 4 is 119 Å². The second-order valence-electron chi connectivity index (χ2n) is 18.4. The fraction of sp³-hybridized carbons (Fsp3) is 0.0154. The van der Waals surface area contributed by atoms with Crippen LogP contribution < -0.4 is 5.32 Å². The first kappa shape index (κ1) is 39.1. The number of thiophene rings is 1. The molecule has 0 fully saturated rings. The summed E-state index contributed by atoms with van der Waals surface area (Å²) in [5.74, 6) is 1.47. The number of fused-ring (bicyclic) bond motifs is 15. The van der Waals surface area contributed by atoms with Crippen LogP contribution in [-0.4, -0.2) is 16.2 Å². The molecule has 0 bridgehead atoms. The molecule has 12 aromatic carbocycles. The van der Waals surface area contributed by atoms with Crippen molar-refractivity contribution in [2.45, 2.75) is 6.17 Å². The second-order valence-corrected chi connectivity index (χ2v) is 19.5. The lowest BCUT2D eigenvalue weighted by molar-refractivity contribution is 0.674. The zero-order valence-corrected chi connectivity index (χ0v) is 38.6. The molecule has 1 unspecified atom stereocenters. The Morgan fingerprint density at radius 2 is 1.00 bits per heavy atom. The molecule has 1 aliphatic rings. The number of hydrogen-bond donors (Lipinski definition) is 1. The van der Waals surface area contributed by atoms with E-state index in [9.17, 15) is 0 Å². The summed E-state index contributed by atoms with van der Waals surface area (Å²) in [5.41, 5.74) is 8.78. The summed E-state index contributed by atoms with van der Waals surface area (Å²) in [7, 11) is 0. The lowest BCUT2D eigenvalue weighted by Gasteiger charge is -2.25. The fourth-order valence-corrected chi connectivity index (χ4v) is 12.6. The van der Waals surface area contributed by atoms with Crippen LogP contribution in [0.4, 0.5) is 0 Å². The highest BCUT2D eigenvalue weighted by molar-refractivity contribution is 7.26. The van der Waals surface area contributed by atoms with Gasteiger partial charge in [-0.05, 0) is 108 Å². The molecule has 15 rings (SSSR count). The van der Waals surface area contributed by atoms with Crippen molar-refractivity contribution < 1.29 is 0 Å². The van der Waals surface area contributed by atoms with Gasteiger partial charge in [0.1, 0.15) is 12.0 Å². The maximum absolute atomic E-state index is 5.59. The summed E-state index contributed by atoms with van der Waals surface area (Å²) in [6.45, 7) is 0. The van der Waals surface area contributed by atoms with Crippen LogP contribution in [0.25, 0.3) is 113 Å². The van der Waals surface area contributed by atoms with Gasteiger partial charge in [-0.15, -0.1) is 11.3 Å². The number of aliphatic imine (C=N–C) groups is 2. The van der Waals surface area contributed by atoms with Gasteiger partial charge in [0.05, 0.1) is 16.7 Å². The van der Waals surface area contributed by atoms with E-state index in [4.69, 9.17) is 9.98 Å². The topological polar surface area (TPSA) is 41.7 Å². The molecule has 1 atom stereocenters. The van der Waals surface area contributed by atoms with Gasteiger partial charge in [0, 0.05) is 53.0 Å². The van der Waals surface area contributed by atoms with Crippen molar-refractivity contribution in [1.82, 2.24) is 9.88 Å². The van der Waals surface area contributed by atoms with E-state index in [1.165, 1.54) is 95.9 Å². The first-order valence-corrected chi connectivity index (χ1v) is 24.7. The average Bonchev–Trinajstić information content (AvgIpc) is 3.98. The predicted molar refractivity (Wildman–Crippen MR) is 298 cm³/mol. The van der Waals surface area contributed by atoms with Crippen LogP contribution in [0.15, 0.2) is 241 Å². The van der Waals surface area contributed by atoms with Gasteiger partial charge in [0.25, 0.3) is 0 Å². The largest absolute Gasteiger partial charge is 0.344 e. The summed E-state index contributed by atoms with van der Waals surface area (Å²) in [5, 5.41) is 21.1. The van der Waals surface area contributed by atoms with Crippen molar-refractivity contribution in [3.8, 4) is 16.8 Å². The summed E-state index contributed by atoms with van der Waals surface area (Å²) in [4.78, 5) is 11.1. The Labute approximate surface area is 406 Å². The van der Waals surface area contributed by atoms with Crippen molar-refractivity contribution in [1.29, 1.82) is 0 Å². The van der Waals surface area contributed by atoms with Gasteiger partial charge in [-0.2, -0.15) is 0 Å². The van der Waals surface area contributed by atoms with Crippen LogP contribution in [0.2, 0.25) is 0 Å². The van der Waals surface area contributed by atoms with Gasteiger partial charge >= 0.3 is 0 Å². The number of nitrogens with zero attached hydrogens (tertiary/aromatic N) is 3. The summed E-state index contributed by atoms with van der Waals surface area (Å²) < 4.78 is 5.02. The second kappa shape index (κ2) is 15.3. The highest BCUT2D eigenvalue weighted by Crippen LogP contribution is 2.46. The van der Waals surface area contributed by atoms with Crippen LogP contribution in [0.3, 0.4) is 0 Å². The Kier molecular flexibility index (Phi) is 8.56. The van der Waals surface area contributed by atoms with Crippen LogP contribution in [0.1, 0.15) is 22.9 Å². The molecule has 1 aliphatic heterocycles. The monoisotopic (exact) mass is 908 g/mol. The SMILES string of the molecule is c1ccc(C2N=C(c3ccc(-n4c5ccccc5c5cc6ccccc6cc54)c(-c4cccc5sc6ccc7ccccc7c6c45)c3)N=C(c3cccc4c5ccccc5c5ccccc5c34)N2)cc1. The number of amidine groups is 2. The molecule has 0 amide bonds. The maximum atomic E-state index is 5.59. The van der Waals surface area contributed by atoms with Gasteiger partial charge < -0.3 is 9.88 Å². The number of para-hydroxylation sites is 1. The molecule has 5 heteroatoms. The van der Waals surface area contributed by atoms with E-state index in [0.29, 0.717) is 5.84 Å². The van der Waals surface area contributed by atoms with E-state index < -0.39 is 0 Å². The van der Waals surface area contributed by atoms with E-state index in [2.05, 4.69) is 240 Å². The fourth-order valence-electron chi connectivity index (χ4n) is 11.5. The van der Waals surface area contributed by atoms with Gasteiger partial charge in [-0.25, -0.2) is 9.98 Å². The number of hydrogen-bond acceptors (Lipinski definition) is 4. The van der Waals surface area contributed by atoms with Crippen molar-refractivity contribution in [2.75, 3.05) is 0 Å². The van der Waals surface area contributed by atoms with Crippen LogP contribution >= 0.6 is 11.3 Å². The van der Waals surface area contributed by atoms with Gasteiger partial charge in [0.15, 0.2) is 5.84 Å². The molecule has 0 saturated carbocycles. The number of aromatic nitrogens is 1. The zero-order chi connectivity index (χ0) is 45.9. The third-order valence-electron chi connectivity index (χ3n) is 14.6. The van der Waals surface area contributed by atoms with Gasteiger partial charge in [-0.1, -0.05) is 182 Å². The molecule has 0 radical (unpaired) electrons. The van der Waals surface area contributed by atoms with Gasteiger partial charge in [-0.3, -0.25) is 0 Å². The Balaban J connectivity index is 1.03.